The molecule has 1 heterocycles. The summed E-state index contributed by atoms with van der Waals surface area (Å²) in [5.41, 5.74) is 0.815. The minimum atomic E-state index is -0.747. The number of nitrogens with zero attached hydrogens (tertiary/aromatic N) is 2. The number of imidazole rings is 1. The lowest BCUT2D eigenvalue weighted by Gasteiger charge is -2.26. The molecule has 0 bridgehead atoms. The maximum absolute atomic E-state index is 12.3. The second-order valence-electron chi connectivity index (χ2n) is 6.34. The van der Waals surface area contributed by atoms with Gasteiger partial charge >= 0.3 is 0 Å². The highest BCUT2D eigenvalue weighted by atomic mass is 16.3. The summed E-state index contributed by atoms with van der Waals surface area (Å²) in [5, 5.41) is 13.5. The molecule has 1 saturated carbocycles. The largest absolute Gasteiger partial charge is 0.388 e. The number of carbonyl (C=O) groups is 1. The molecule has 0 saturated heterocycles. The average molecular weight is 313 g/mol. The predicted octanol–water partition coefficient (Wildman–Crippen LogP) is 2.69. The van der Waals surface area contributed by atoms with Crippen LogP contribution in [0.3, 0.4) is 0 Å². The fourth-order valence-electron chi connectivity index (χ4n) is 3.11. The van der Waals surface area contributed by atoms with E-state index < -0.39 is 5.60 Å². The SMILES string of the molecule is O=C(NCC1(O)CCCCCC1)c1ccc(-n2ccnc2)cc1. The molecule has 0 unspecified atom stereocenters. The molecule has 0 aliphatic heterocycles. The molecule has 0 atom stereocenters. The number of aromatic nitrogens is 2. The lowest BCUT2D eigenvalue weighted by molar-refractivity contribution is 0.0246. The van der Waals surface area contributed by atoms with E-state index in [1.807, 2.05) is 22.9 Å². The van der Waals surface area contributed by atoms with Gasteiger partial charge in [0.1, 0.15) is 0 Å². The number of amides is 1. The summed E-state index contributed by atoms with van der Waals surface area (Å²) >= 11 is 0. The van der Waals surface area contributed by atoms with Crippen molar-refractivity contribution < 1.29 is 9.90 Å². The van der Waals surface area contributed by atoms with Crippen molar-refractivity contribution in [1.29, 1.82) is 0 Å². The maximum atomic E-state index is 12.3. The zero-order valence-corrected chi connectivity index (χ0v) is 13.2. The van der Waals surface area contributed by atoms with Gasteiger partial charge in [-0.3, -0.25) is 4.79 Å². The molecule has 2 aromatic rings. The molecule has 0 radical (unpaired) electrons. The van der Waals surface area contributed by atoms with Crippen molar-refractivity contribution in [3.63, 3.8) is 0 Å². The van der Waals surface area contributed by atoms with Crippen molar-refractivity contribution in [3.8, 4) is 5.69 Å². The normalized spacial score (nSPS) is 17.4. The summed E-state index contributed by atoms with van der Waals surface area (Å²) in [5.74, 6) is -0.139. The molecule has 3 rings (SSSR count). The molecule has 122 valence electrons. The third-order valence-corrected chi connectivity index (χ3v) is 4.54. The Kier molecular flexibility index (Phi) is 4.76. The van der Waals surface area contributed by atoms with Gasteiger partial charge in [0.25, 0.3) is 5.91 Å². The Labute approximate surface area is 136 Å². The lowest BCUT2D eigenvalue weighted by atomic mass is 9.94. The number of aliphatic hydroxyl groups is 1. The quantitative estimate of drug-likeness (QED) is 0.853. The number of hydrogen-bond donors (Lipinski definition) is 2. The Morgan fingerprint density at radius 3 is 2.48 bits per heavy atom. The van der Waals surface area contributed by atoms with Gasteiger partial charge < -0.3 is 15.0 Å². The van der Waals surface area contributed by atoms with Crippen LogP contribution in [0.2, 0.25) is 0 Å². The summed E-state index contributed by atoms with van der Waals surface area (Å²) in [6.45, 7) is 0.328. The summed E-state index contributed by atoms with van der Waals surface area (Å²) in [6.07, 6.45) is 11.2. The molecule has 1 aromatic carbocycles. The molecule has 5 nitrogen and oxygen atoms in total. The van der Waals surface area contributed by atoms with E-state index >= 15 is 0 Å². The molecule has 1 aromatic heterocycles. The van der Waals surface area contributed by atoms with Gasteiger partial charge in [-0.2, -0.15) is 0 Å². The number of nitrogens with one attached hydrogen (secondary N) is 1. The summed E-state index contributed by atoms with van der Waals surface area (Å²) < 4.78 is 1.88. The van der Waals surface area contributed by atoms with Gasteiger partial charge in [0, 0.05) is 30.2 Å². The van der Waals surface area contributed by atoms with Crippen LogP contribution in [0.5, 0.6) is 0 Å². The Balaban J connectivity index is 1.59. The molecule has 1 aliphatic rings. The van der Waals surface area contributed by atoms with Crippen LogP contribution in [0.25, 0.3) is 5.69 Å². The van der Waals surface area contributed by atoms with Crippen molar-refractivity contribution in [2.45, 2.75) is 44.1 Å². The second kappa shape index (κ2) is 6.96. The molecular weight excluding hydrogens is 290 g/mol. The predicted molar refractivity (Wildman–Crippen MR) is 88.5 cm³/mol. The van der Waals surface area contributed by atoms with Crippen molar-refractivity contribution in [3.05, 3.63) is 48.5 Å². The average Bonchev–Trinajstić information content (AvgIpc) is 3.02. The summed E-state index contributed by atoms with van der Waals surface area (Å²) in [4.78, 5) is 16.3. The Morgan fingerprint density at radius 1 is 1.17 bits per heavy atom. The van der Waals surface area contributed by atoms with E-state index in [2.05, 4.69) is 10.3 Å². The zero-order valence-electron chi connectivity index (χ0n) is 13.2. The molecule has 2 N–H and O–H groups in total. The van der Waals surface area contributed by atoms with E-state index in [4.69, 9.17) is 0 Å². The first-order chi connectivity index (χ1) is 11.2. The minimum absolute atomic E-state index is 0.139. The first kappa shape index (κ1) is 15.7. The number of hydrogen-bond acceptors (Lipinski definition) is 3. The Morgan fingerprint density at radius 2 is 1.87 bits per heavy atom. The van der Waals surface area contributed by atoms with E-state index in [0.717, 1.165) is 31.4 Å². The fraction of sp³-hybridized carbons (Fsp3) is 0.444. The van der Waals surface area contributed by atoms with E-state index in [1.165, 1.54) is 12.8 Å². The third kappa shape index (κ3) is 3.99. The maximum Gasteiger partial charge on any atom is 0.251 e. The van der Waals surface area contributed by atoms with Gasteiger partial charge in [-0.1, -0.05) is 25.7 Å². The molecule has 0 spiro atoms. The fourth-order valence-corrected chi connectivity index (χ4v) is 3.11. The van der Waals surface area contributed by atoms with Crippen LogP contribution in [0.4, 0.5) is 0 Å². The molecule has 23 heavy (non-hydrogen) atoms. The summed E-state index contributed by atoms with van der Waals surface area (Å²) in [7, 11) is 0. The van der Waals surface area contributed by atoms with E-state index in [9.17, 15) is 9.90 Å². The van der Waals surface area contributed by atoms with Crippen LogP contribution in [0.1, 0.15) is 48.9 Å². The van der Waals surface area contributed by atoms with Crippen LogP contribution in [0, 0.1) is 0 Å². The molecule has 1 aliphatic carbocycles. The van der Waals surface area contributed by atoms with Crippen molar-refractivity contribution in [1.82, 2.24) is 14.9 Å². The van der Waals surface area contributed by atoms with Gasteiger partial charge in [-0.15, -0.1) is 0 Å². The third-order valence-electron chi connectivity index (χ3n) is 4.54. The standard InChI is InChI=1S/C18H23N3O2/c22-17(20-13-18(23)9-3-1-2-4-10-18)15-5-7-16(8-6-15)21-12-11-19-14-21/h5-8,11-12,14,23H,1-4,9-10,13H2,(H,20,22). The number of benzene rings is 1. The van der Waals surface area contributed by atoms with E-state index in [1.54, 1.807) is 24.7 Å². The molecule has 5 heteroatoms. The number of carbonyl (C=O) groups excluding carboxylic acids is 1. The van der Waals surface area contributed by atoms with Crippen LogP contribution in [0.15, 0.2) is 43.0 Å². The van der Waals surface area contributed by atoms with Crippen molar-refractivity contribution >= 4 is 5.91 Å². The van der Waals surface area contributed by atoms with Gasteiger partial charge in [0.15, 0.2) is 0 Å². The number of rotatable bonds is 4. The van der Waals surface area contributed by atoms with Crippen LogP contribution in [-0.2, 0) is 0 Å². The van der Waals surface area contributed by atoms with Crippen molar-refractivity contribution in [2.24, 2.45) is 0 Å². The van der Waals surface area contributed by atoms with Crippen LogP contribution >= 0.6 is 0 Å². The highest BCUT2D eigenvalue weighted by Crippen LogP contribution is 2.26. The molecular formula is C18H23N3O2. The van der Waals surface area contributed by atoms with Crippen LogP contribution in [-0.4, -0.2) is 32.7 Å². The van der Waals surface area contributed by atoms with Gasteiger partial charge in [0.2, 0.25) is 0 Å². The first-order valence-corrected chi connectivity index (χ1v) is 8.25. The second-order valence-corrected chi connectivity index (χ2v) is 6.34. The first-order valence-electron chi connectivity index (χ1n) is 8.25. The Hall–Kier alpha value is -2.14. The minimum Gasteiger partial charge on any atom is -0.388 e. The van der Waals surface area contributed by atoms with E-state index in [-0.39, 0.29) is 5.91 Å². The zero-order chi connectivity index (χ0) is 16.1. The van der Waals surface area contributed by atoms with Gasteiger partial charge in [-0.05, 0) is 37.1 Å². The van der Waals surface area contributed by atoms with Crippen molar-refractivity contribution in [2.75, 3.05) is 6.54 Å². The van der Waals surface area contributed by atoms with Crippen LogP contribution < -0.4 is 5.32 Å². The van der Waals surface area contributed by atoms with Gasteiger partial charge in [0.05, 0.1) is 11.9 Å². The molecule has 1 fully saturated rings. The Bertz CT molecular complexity index is 627. The van der Waals surface area contributed by atoms with Gasteiger partial charge in [-0.25, -0.2) is 4.98 Å². The van der Waals surface area contributed by atoms with E-state index in [0.29, 0.717) is 12.1 Å². The summed E-state index contributed by atoms with van der Waals surface area (Å²) in [6, 6.07) is 7.36. The topological polar surface area (TPSA) is 67.2 Å². The highest BCUT2D eigenvalue weighted by molar-refractivity contribution is 5.94. The monoisotopic (exact) mass is 313 g/mol. The molecule has 1 amide bonds. The lowest BCUT2D eigenvalue weighted by Crippen LogP contribution is -2.42. The highest BCUT2D eigenvalue weighted by Gasteiger charge is 2.28. The smallest absolute Gasteiger partial charge is 0.251 e.